The van der Waals surface area contributed by atoms with Crippen molar-refractivity contribution >= 4 is 11.9 Å². The molecule has 4 N–H and O–H groups in total. The van der Waals surface area contributed by atoms with Gasteiger partial charge in [-0.15, -0.1) is 0 Å². The lowest BCUT2D eigenvalue weighted by Crippen LogP contribution is -2.34. The Morgan fingerprint density at radius 3 is 2.41 bits per heavy atom. The third-order valence-corrected chi connectivity index (χ3v) is 6.51. The largest absolute Gasteiger partial charge is 0.492 e. The van der Waals surface area contributed by atoms with Crippen molar-refractivity contribution in [1.82, 2.24) is 9.55 Å². The second-order valence-electron chi connectivity index (χ2n) is 9.52. The molecule has 0 radical (unpaired) electrons. The van der Waals surface area contributed by atoms with Crippen LogP contribution in [0.15, 0.2) is 65.5 Å². The first kappa shape index (κ1) is 31.7. The van der Waals surface area contributed by atoms with Gasteiger partial charge in [0.1, 0.15) is 24.2 Å². The zero-order chi connectivity index (χ0) is 29.6. The number of benzene rings is 2. The summed E-state index contributed by atoms with van der Waals surface area (Å²) in [5.74, 6) is -0.157. The van der Waals surface area contributed by atoms with Gasteiger partial charge < -0.3 is 25.7 Å². The van der Waals surface area contributed by atoms with E-state index in [4.69, 9.17) is 25.7 Å². The lowest BCUT2D eigenvalue weighted by Gasteiger charge is -2.18. The van der Waals surface area contributed by atoms with Crippen LogP contribution < -0.4 is 21.8 Å². The topological polar surface area (TPSA) is 149 Å². The van der Waals surface area contributed by atoms with Crippen molar-refractivity contribution in [3.8, 4) is 17.0 Å². The molecular formula is C31H40N4O6. The highest BCUT2D eigenvalue weighted by Gasteiger charge is 2.23. The molecule has 2 aromatic carbocycles. The maximum atomic E-state index is 12.9. The Morgan fingerprint density at radius 1 is 1.02 bits per heavy atom. The predicted octanol–water partition coefficient (Wildman–Crippen LogP) is 3.55. The Balaban J connectivity index is 1.56. The molecule has 0 bridgehead atoms. The van der Waals surface area contributed by atoms with Crippen molar-refractivity contribution in [2.24, 2.45) is 11.5 Å². The Labute approximate surface area is 240 Å². The molecule has 0 saturated heterocycles. The fourth-order valence-electron chi connectivity index (χ4n) is 4.33. The molecule has 3 rings (SSSR count). The minimum atomic E-state index is -0.866. The molecule has 0 spiro atoms. The molecule has 1 heterocycles. The van der Waals surface area contributed by atoms with Crippen molar-refractivity contribution in [2.75, 3.05) is 19.8 Å². The maximum Gasteiger partial charge on any atom is 0.330 e. The Hall–Kier alpha value is -3.86. The van der Waals surface area contributed by atoms with Gasteiger partial charge in [0.25, 0.3) is 5.56 Å². The predicted molar refractivity (Wildman–Crippen MR) is 156 cm³/mol. The van der Waals surface area contributed by atoms with E-state index in [-0.39, 0.29) is 18.6 Å². The van der Waals surface area contributed by atoms with Crippen LogP contribution in [-0.4, -0.2) is 47.3 Å². The Bertz CT molecular complexity index is 1310. The van der Waals surface area contributed by atoms with Gasteiger partial charge >= 0.3 is 11.9 Å². The molecule has 41 heavy (non-hydrogen) atoms. The number of unbranched alkanes of at least 4 members (excludes halogenated alkanes) is 1. The number of ether oxygens (including phenoxy) is 3. The second kappa shape index (κ2) is 16.4. The van der Waals surface area contributed by atoms with Crippen molar-refractivity contribution in [2.45, 2.75) is 64.6 Å². The van der Waals surface area contributed by atoms with Crippen LogP contribution in [0.2, 0.25) is 0 Å². The molecule has 1 aromatic heterocycles. The zero-order valence-electron chi connectivity index (χ0n) is 23.8. The summed E-state index contributed by atoms with van der Waals surface area (Å²) in [4.78, 5) is 42.1. The number of rotatable bonds is 16. The lowest BCUT2D eigenvalue weighted by atomic mass is 10.1. The standard InChI is InChI=1S/C31H40N4O6/c1-3-28-34-26(22-10-6-5-7-11-22)20-29(36)35(28)18-19-40-24-15-13-23(14-16-24)27(39-4-2)21-30(37)41-31(38)25(33)12-8-9-17-32/h5-7,10-11,13-16,20,25,27H,3-4,8-9,12,17-19,21,32-33H2,1-2H3/t25-,27?/m0/s1. The van der Waals surface area contributed by atoms with Crippen molar-refractivity contribution in [3.05, 3.63) is 82.4 Å². The van der Waals surface area contributed by atoms with Crippen LogP contribution >= 0.6 is 0 Å². The van der Waals surface area contributed by atoms with E-state index in [0.29, 0.717) is 56.2 Å². The third kappa shape index (κ3) is 9.63. The van der Waals surface area contributed by atoms with Crippen LogP contribution in [0.4, 0.5) is 0 Å². The fourth-order valence-corrected chi connectivity index (χ4v) is 4.33. The first-order chi connectivity index (χ1) is 19.9. The molecule has 10 heteroatoms. The van der Waals surface area contributed by atoms with Crippen LogP contribution in [0.5, 0.6) is 5.75 Å². The molecule has 0 aliphatic heterocycles. The third-order valence-electron chi connectivity index (χ3n) is 6.51. The SMILES string of the molecule is CCOC(CC(=O)OC(=O)[C@@H](N)CCCCN)c1ccc(OCCn2c(CC)nc(-c3ccccc3)cc2=O)cc1. The van der Waals surface area contributed by atoms with E-state index in [1.165, 1.54) is 0 Å². The van der Waals surface area contributed by atoms with Gasteiger partial charge in [0.15, 0.2) is 0 Å². The van der Waals surface area contributed by atoms with E-state index in [9.17, 15) is 14.4 Å². The molecule has 220 valence electrons. The maximum absolute atomic E-state index is 12.9. The quantitative estimate of drug-likeness (QED) is 0.151. The van der Waals surface area contributed by atoms with Gasteiger partial charge in [-0.2, -0.15) is 0 Å². The average Bonchev–Trinajstić information content (AvgIpc) is 2.98. The lowest BCUT2D eigenvalue weighted by molar-refractivity contribution is -0.162. The van der Waals surface area contributed by atoms with E-state index < -0.39 is 24.1 Å². The number of nitrogens with two attached hydrogens (primary N) is 2. The normalized spacial score (nSPS) is 12.5. The smallest absolute Gasteiger partial charge is 0.330 e. The van der Waals surface area contributed by atoms with Crippen molar-refractivity contribution in [1.29, 1.82) is 0 Å². The van der Waals surface area contributed by atoms with Gasteiger partial charge in [0.05, 0.1) is 24.8 Å². The highest BCUT2D eigenvalue weighted by Crippen LogP contribution is 2.24. The summed E-state index contributed by atoms with van der Waals surface area (Å²) in [5, 5.41) is 0. The van der Waals surface area contributed by atoms with E-state index >= 15 is 0 Å². The van der Waals surface area contributed by atoms with Gasteiger partial charge in [-0.25, -0.2) is 9.78 Å². The second-order valence-corrected chi connectivity index (χ2v) is 9.52. The molecule has 0 fully saturated rings. The summed E-state index contributed by atoms with van der Waals surface area (Å²) in [6, 6.07) is 17.4. The van der Waals surface area contributed by atoms with Crippen LogP contribution in [0.3, 0.4) is 0 Å². The summed E-state index contributed by atoms with van der Waals surface area (Å²) in [5.41, 5.74) is 13.4. The van der Waals surface area contributed by atoms with Gasteiger partial charge in [0.2, 0.25) is 0 Å². The molecule has 0 aliphatic rings. The van der Waals surface area contributed by atoms with E-state index in [2.05, 4.69) is 4.98 Å². The van der Waals surface area contributed by atoms with Crippen LogP contribution in [0.1, 0.15) is 57.0 Å². The van der Waals surface area contributed by atoms with Crippen molar-refractivity contribution < 1.29 is 23.8 Å². The van der Waals surface area contributed by atoms with E-state index in [1.807, 2.05) is 44.2 Å². The molecule has 2 atom stereocenters. The molecule has 3 aromatic rings. The monoisotopic (exact) mass is 564 g/mol. The minimum absolute atomic E-state index is 0.129. The highest BCUT2D eigenvalue weighted by atomic mass is 16.6. The summed E-state index contributed by atoms with van der Waals surface area (Å²) in [7, 11) is 0. The zero-order valence-corrected chi connectivity index (χ0v) is 23.8. The number of hydrogen-bond donors (Lipinski definition) is 2. The van der Waals surface area contributed by atoms with E-state index in [0.717, 1.165) is 17.5 Å². The van der Waals surface area contributed by atoms with Crippen LogP contribution in [-0.2, 0) is 32.0 Å². The molecule has 0 amide bonds. The van der Waals surface area contributed by atoms with Gasteiger partial charge in [0, 0.05) is 24.7 Å². The summed E-state index contributed by atoms with van der Waals surface area (Å²) in [6.07, 6.45) is 1.72. The first-order valence-electron chi connectivity index (χ1n) is 14.1. The Morgan fingerprint density at radius 2 is 1.76 bits per heavy atom. The number of hydrogen-bond acceptors (Lipinski definition) is 9. The number of aromatic nitrogens is 2. The summed E-state index contributed by atoms with van der Waals surface area (Å²) in [6.45, 7) is 5.29. The molecular weight excluding hydrogens is 524 g/mol. The number of aryl methyl sites for hydroxylation is 1. The highest BCUT2D eigenvalue weighted by molar-refractivity contribution is 5.88. The molecule has 0 aliphatic carbocycles. The molecule has 10 nitrogen and oxygen atoms in total. The van der Waals surface area contributed by atoms with Gasteiger partial charge in [-0.3, -0.25) is 14.2 Å². The van der Waals surface area contributed by atoms with Gasteiger partial charge in [-0.05, 0) is 44.0 Å². The van der Waals surface area contributed by atoms with E-state index in [1.54, 1.807) is 34.9 Å². The number of nitrogens with zero attached hydrogens (tertiary/aromatic N) is 2. The van der Waals surface area contributed by atoms with Crippen LogP contribution in [0.25, 0.3) is 11.3 Å². The first-order valence-corrected chi connectivity index (χ1v) is 14.1. The summed E-state index contributed by atoms with van der Waals surface area (Å²) >= 11 is 0. The van der Waals surface area contributed by atoms with Gasteiger partial charge in [-0.1, -0.05) is 55.8 Å². The minimum Gasteiger partial charge on any atom is -0.492 e. The number of esters is 2. The number of carbonyl (C=O) groups is 2. The molecule has 0 saturated carbocycles. The van der Waals surface area contributed by atoms with Crippen LogP contribution in [0, 0.1) is 0 Å². The fraction of sp³-hybridized carbons (Fsp3) is 0.419. The molecule has 1 unspecified atom stereocenters. The van der Waals surface area contributed by atoms with Crippen molar-refractivity contribution in [3.63, 3.8) is 0 Å². The number of carbonyl (C=O) groups excluding carboxylic acids is 2. The summed E-state index contributed by atoms with van der Waals surface area (Å²) < 4.78 is 18.2. The average molecular weight is 565 g/mol. The Kier molecular flexibility index (Phi) is 12.7.